The van der Waals surface area contributed by atoms with Gasteiger partial charge in [-0.1, -0.05) is 25.1 Å². The van der Waals surface area contributed by atoms with Crippen LogP contribution in [0.5, 0.6) is 5.75 Å². The number of nitrogens with zero attached hydrogens (tertiary/aromatic N) is 1. The molecule has 2 aromatic carbocycles. The molecular weight excluding hydrogens is 264 g/mol. The van der Waals surface area contributed by atoms with Crippen molar-refractivity contribution in [2.45, 2.75) is 19.4 Å². The van der Waals surface area contributed by atoms with Crippen molar-refractivity contribution in [2.75, 3.05) is 5.32 Å². The molecule has 0 heterocycles. The van der Waals surface area contributed by atoms with Gasteiger partial charge in [-0.15, -0.1) is 0 Å². The first kappa shape index (κ1) is 14.6. The summed E-state index contributed by atoms with van der Waals surface area (Å²) in [5.74, 6) is 0.463. The van der Waals surface area contributed by atoms with E-state index >= 15 is 0 Å². The predicted octanol–water partition coefficient (Wildman–Crippen LogP) is 3.35. The summed E-state index contributed by atoms with van der Waals surface area (Å²) in [6.07, 6.45) is 0.0137. The maximum Gasteiger partial charge on any atom is 0.265 e. The first-order valence-corrected chi connectivity index (χ1v) is 6.75. The summed E-state index contributed by atoms with van der Waals surface area (Å²) in [7, 11) is 0. The Morgan fingerprint density at radius 2 is 1.86 bits per heavy atom. The molecule has 0 spiro atoms. The van der Waals surface area contributed by atoms with Crippen LogP contribution in [0, 0.1) is 11.3 Å². The van der Waals surface area contributed by atoms with Crippen LogP contribution in [0.25, 0.3) is 0 Å². The highest BCUT2D eigenvalue weighted by Crippen LogP contribution is 2.15. The number of rotatable bonds is 5. The van der Waals surface area contributed by atoms with Crippen LogP contribution in [0.4, 0.5) is 5.69 Å². The normalized spacial score (nSPS) is 11.2. The molecule has 4 nitrogen and oxygen atoms in total. The zero-order valence-electron chi connectivity index (χ0n) is 11.7. The van der Waals surface area contributed by atoms with Crippen molar-refractivity contribution >= 4 is 11.6 Å². The fraction of sp³-hybridized carbons (Fsp3) is 0.176. The quantitative estimate of drug-likeness (QED) is 0.913. The number of nitriles is 1. The van der Waals surface area contributed by atoms with Gasteiger partial charge in [-0.05, 0) is 42.8 Å². The standard InChI is InChI=1S/C17H16N2O2/c1-2-16(21-15-6-4-3-5-7-15)17(20)19-14-10-8-13(12-18)9-11-14/h3-11,16H,2H2,1H3,(H,19,20)/t16-/m1/s1. The Morgan fingerprint density at radius 3 is 2.43 bits per heavy atom. The predicted molar refractivity (Wildman–Crippen MR) is 80.9 cm³/mol. The number of anilines is 1. The molecule has 2 aromatic rings. The maximum atomic E-state index is 12.2. The molecule has 4 heteroatoms. The van der Waals surface area contributed by atoms with Crippen molar-refractivity contribution in [3.8, 4) is 11.8 Å². The molecule has 0 aliphatic heterocycles. The van der Waals surface area contributed by atoms with Gasteiger partial charge in [0.15, 0.2) is 6.10 Å². The smallest absolute Gasteiger partial charge is 0.265 e. The number of hydrogen-bond acceptors (Lipinski definition) is 3. The second-order valence-corrected chi connectivity index (χ2v) is 4.51. The van der Waals surface area contributed by atoms with Gasteiger partial charge in [0, 0.05) is 5.69 Å². The van der Waals surface area contributed by atoms with Crippen LogP contribution in [-0.4, -0.2) is 12.0 Å². The fourth-order valence-corrected chi connectivity index (χ4v) is 1.84. The van der Waals surface area contributed by atoms with E-state index < -0.39 is 6.10 Å². The third-order valence-electron chi connectivity index (χ3n) is 2.97. The molecule has 1 atom stereocenters. The third kappa shape index (κ3) is 4.08. The lowest BCUT2D eigenvalue weighted by Crippen LogP contribution is -2.32. The zero-order valence-corrected chi connectivity index (χ0v) is 11.7. The fourth-order valence-electron chi connectivity index (χ4n) is 1.84. The van der Waals surface area contributed by atoms with Gasteiger partial charge in [0.1, 0.15) is 5.75 Å². The number of para-hydroxylation sites is 1. The Balaban J connectivity index is 2.01. The van der Waals surface area contributed by atoms with Crippen molar-refractivity contribution in [1.29, 1.82) is 5.26 Å². The summed E-state index contributed by atoms with van der Waals surface area (Å²) in [4.78, 5) is 12.2. The van der Waals surface area contributed by atoms with Crippen LogP contribution in [0.3, 0.4) is 0 Å². The van der Waals surface area contributed by atoms with Crippen LogP contribution in [0.1, 0.15) is 18.9 Å². The molecule has 0 saturated heterocycles. The molecule has 106 valence electrons. The van der Waals surface area contributed by atoms with Crippen LogP contribution in [0.2, 0.25) is 0 Å². The number of nitrogens with one attached hydrogen (secondary N) is 1. The molecule has 21 heavy (non-hydrogen) atoms. The first-order chi connectivity index (χ1) is 10.2. The van der Waals surface area contributed by atoms with Crippen molar-refractivity contribution < 1.29 is 9.53 Å². The van der Waals surface area contributed by atoms with Gasteiger partial charge < -0.3 is 10.1 Å². The van der Waals surface area contributed by atoms with E-state index in [9.17, 15) is 4.79 Å². The Hall–Kier alpha value is -2.80. The molecule has 0 radical (unpaired) electrons. The largest absolute Gasteiger partial charge is 0.481 e. The van der Waals surface area contributed by atoms with E-state index in [1.165, 1.54) is 0 Å². The molecule has 1 N–H and O–H groups in total. The molecule has 1 amide bonds. The SMILES string of the molecule is CC[C@@H](Oc1ccccc1)C(=O)Nc1ccc(C#N)cc1. The van der Waals surface area contributed by atoms with Crippen molar-refractivity contribution in [3.05, 3.63) is 60.2 Å². The van der Waals surface area contributed by atoms with Crippen LogP contribution in [0.15, 0.2) is 54.6 Å². The van der Waals surface area contributed by atoms with Crippen LogP contribution in [-0.2, 0) is 4.79 Å². The molecule has 0 aliphatic rings. The van der Waals surface area contributed by atoms with Crippen molar-refractivity contribution in [2.24, 2.45) is 0 Å². The average Bonchev–Trinajstić information content (AvgIpc) is 2.54. The lowest BCUT2D eigenvalue weighted by Gasteiger charge is -2.17. The molecule has 2 rings (SSSR count). The Morgan fingerprint density at radius 1 is 1.19 bits per heavy atom. The summed E-state index contributed by atoms with van der Waals surface area (Å²) in [5.41, 5.74) is 1.20. The average molecular weight is 280 g/mol. The van der Waals surface area contributed by atoms with E-state index in [1.807, 2.05) is 43.3 Å². The van der Waals surface area contributed by atoms with E-state index in [2.05, 4.69) is 5.32 Å². The van der Waals surface area contributed by atoms with E-state index in [0.29, 0.717) is 23.4 Å². The van der Waals surface area contributed by atoms with Gasteiger partial charge in [-0.2, -0.15) is 5.26 Å². The molecule has 0 fully saturated rings. The van der Waals surface area contributed by atoms with Gasteiger partial charge in [0.25, 0.3) is 5.91 Å². The van der Waals surface area contributed by atoms with Gasteiger partial charge in [0.05, 0.1) is 11.6 Å². The zero-order chi connectivity index (χ0) is 15.1. The lowest BCUT2D eigenvalue weighted by molar-refractivity contribution is -0.122. The van der Waals surface area contributed by atoms with Crippen LogP contribution < -0.4 is 10.1 Å². The van der Waals surface area contributed by atoms with Crippen molar-refractivity contribution in [3.63, 3.8) is 0 Å². The molecule has 0 saturated carbocycles. The van der Waals surface area contributed by atoms with Gasteiger partial charge >= 0.3 is 0 Å². The molecule has 0 bridgehead atoms. The van der Waals surface area contributed by atoms with E-state index in [4.69, 9.17) is 10.00 Å². The number of carbonyl (C=O) groups excluding carboxylic acids is 1. The number of ether oxygens (including phenoxy) is 1. The van der Waals surface area contributed by atoms with E-state index in [1.54, 1.807) is 24.3 Å². The number of amides is 1. The summed E-state index contributed by atoms with van der Waals surface area (Å²) in [6.45, 7) is 1.89. The number of benzene rings is 2. The third-order valence-corrected chi connectivity index (χ3v) is 2.97. The van der Waals surface area contributed by atoms with Crippen LogP contribution >= 0.6 is 0 Å². The molecule has 0 unspecified atom stereocenters. The minimum atomic E-state index is -0.553. The van der Waals surface area contributed by atoms with Gasteiger partial charge in [-0.3, -0.25) is 4.79 Å². The highest BCUT2D eigenvalue weighted by atomic mass is 16.5. The monoisotopic (exact) mass is 280 g/mol. The van der Waals surface area contributed by atoms with Crippen molar-refractivity contribution in [1.82, 2.24) is 0 Å². The second kappa shape index (κ2) is 7.11. The second-order valence-electron chi connectivity index (χ2n) is 4.51. The Kier molecular flexibility index (Phi) is 4.94. The summed E-state index contributed by atoms with van der Waals surface area (Å²) >= 11 is 0. The topological polar surface area (TPSA) is 62.1 Å². The highest BCUT2D eigenvalue weighted by molar-refractivity contribution is 5.94. The minimum absolute atomic E-state index is 0.203. The highest BCUT2D eigenvalue weighted by Gasteiger charge is 2.18. The Labute approximate surface area is 124 Å². The number of hydrogen-bond donors (Lipinski definition) is 1. The minimum Gasteiger partial charge on any atom is -0.481 e. The molecular formula is C17H16N2O2. The summed E-state index contributed by atoms with van der Waals surface area (Å²) in [5, 5.41) is 11.5. The maximum absolute atomic E-state index is 12.2. The first-order valence-electron chi connectivity index (χ1n) is 6.75. The van der Waals surface area contributed by atoms with Gasteiger partial charge in [-0.25, -0.2) is 0 Å². The summed E-state index contributed by atoms with van der Waals surface area (Å²) in [6, 6.07) is 18.0. The van der Waals surface area contributed by atoms with Gasteiger partial charge in [0.2, 0.25) is 0 Å². The van der Waals surface area contributed by atoms with E-state index in [-0.39, 0.29) is 5.91 Å². The Bertz CT molecular complexity index is 630. The summed E-state index contributed by atoms with van der Waals surface area (Å²) < 4.78 is 5.68. The molecule has 0 aliphatic carbocycles. The lowest BCUT2D eigenvalue weighted by atomic mass is 10.2. The number of carbonyl (C=O) groups is 1. The molecule has 0 aromatic heterocycles. The van der Waals surface area contributed by atoms with E-state index in [0.717, 1.165) is 0 Å².